The van der Waals surface area contributed by atoms with Gasteiger partial charge in [-0.2, -0.15) is 0 Å². The van der Waals surface area contributed by atoms with Crippen molar-refractivity contribution in [3.63, 3.8) is 0 Å². The quantitative estimate of drug-likeness (QED) is 0.877. The van der Waals surface area contributed by atoms with Crippen LogP contribution < -0.4 is 0 Å². The van der Waals surface area contributed by atoms with Crippen LogP contribution in [0.1, 0.15) is 23.9 Å². The molecule has 6 nitrogen and oxygen atoms in total. The number of likely N-dealkylation sites (tertiary alicyclic amines) is 1. The molecule has 1 amide bonds. The lowest BCUT2D eigenvalue weighted by atomic mass is 9.89. The van der Waals surface area contributed by atoms with Gasteiger partial charge < -0.3 is 14.7 Å². The van der Waals surface area contributed by atoms with E-state index in [0.717, 1.165) is 0 Å². The number of hydrogen-bond acceptors (Lipinski definition) is 5. The van der Waals surface area contributed by atoms with E-state index in [1.807, 2.05) is 0 Å². The molecule has 0 radical (unpaired) electrons. The second-order valence-corrected chi connectivity index (χ2v) is 5.30. The molecule has 7 heteroatoms. The largest absolute Gasteiger partial charge is 0.481 e. The fourth-order valence-corrected chi connectivity index (χ4v) is 3.16. The summed E-state index contributed by atoms with van der Waals surface area (Å²) in [6.07, 6.45) is 2.26. The summed E-state index contributed by atoms with van der Waals surface area (Å²) in [5, 5.41) is 11.8. The molecule has 0 saturated carbocycles. The van der Waals surface area contributed by atoms with Crippen LogP contribution in [-0.2, 0) is 14.3 Å². The van der Waals surface area contributed by atoms with Crippen molar-refractivity contribution in [3.8, 4) is 0 Å². The van der Waals surface area contributed by atoms with Crippen LogP contribution >= 0.6 is 11.3 Å². The third-order valence-corrected chi connectivity index (χ3v) is 4.11. The Labute approximate surface area is 115 Å². The fourth-order valence-electron chi connectivity index (χ4n) is 2.35. The normalized spacial score (nSPS) is 23.6. The van der Waals surface area contributed by atoms with Gasteiger partial charge in [0.1, 0.15) is 5.01 Å². The Morgan fingerprint density at radius 3 is 3.05 bits per heavy atom. The average Bonchev–Trinajstić information content (AvgIpc) is 2.90. The number of nitrogens with zero attached hydrogens (tertiary/aromatic N) is 2. The summed E-state index contributed by atoms with van der Waals surface area (Å²) in [5.41, 5.74) is 0. The highest BCUT2D eigenvalue weighted by Crippen LogP contribution is 2.37. The Morgan fingerprint density at radius 2 is 2.47 bits per heavy atom. The van der Waals surface area contributed by atoms with Gasteiger partial charge in [-0.25, -0.2) is 4.98 Å². The lowest BCUT2D eigenvalue weighted by molar-refractivity contribution is -0.152. The molecule has 1 aromatic rings. The molecule has 1 aliphatic rings. The molecule has 1 saturated heterocycles. The molecule has 0 aromatic carbocycles. The number of carboxylic acids is 1. The first-order valence-electron chi connectivity index (χ1n) is 6.05. The van der Waals surface area contributed by atoms with Crippen molar-refractivity contribution in [3.05, 3.63) is 16.6 Å². The smallest absolute Gasteiger partial charge is 0.309 e. The van der Waals surface area contributed by atoms with Gasteiger partial charge in [-0.05, 0) is 6.42 Å². The first-order chi connectivity index (χ1) is 9.15. The fraction of sp³-hybridized carbons (Fsp3) is 0.583. The van der Waals surface area contributed by atoms with Crippen molar-refractivity contribution in [1.82, 2.24) is 9.88 Å². The summed E-state index contributed by atoms with van der Waals surface area (Å²) in [7, 11) is 1.56. The minimum absolute atomic E-state index is 0.0326. The number of thiazole rings is 1. The lowest BCUT2D eigenvalue weighted by Gasteiger charge is -2.38. The first-order valence-corrected chi connectivity index (χ1v) is 6.93. The van der Waals surface area contributed by atoms with Gasteiger partial charge in [0.25, 0.3) is 0 Å². The number of rotatable bonds is 5. The Hall–Kier alpha value is -1.47. The predicted molar refractivity (Wildman–Crippen MR) is 68.8 cm³/mol. The van der Waals surface area contributed by atoms with Gasteiger partial charge in [0.2, 0.25) is 5.91 Å². The number of piperidine rings is 1. The molecule has 1 fully saturated rings. The number of aromatic nitrogens is 1. The monoisotopic (exact) mass is 284 g/mol. The maximum absolute atomic E-state index is 12.0. The van der Waals surface area contributed by atoms with E-state index < -0.39 is 17.9 Å². The molecule has 2 heterocycles. The SMILES string of the molecule is COCCN1C(=O)CCC(C(=O)O)C1c1nccs1. The molecule has 0 aliphatic carbocycles. The van der Waals surface area contributed by atoms with Crippen LogP contribution in [0.3, 0.4) is 0 Å². The topological polar surface area (TPSA) is 79.7 Å². The number of amides is 1. The molecular weight excluding hydrogens is 268 g/mol. The zero-order chi connectivity index (χ0) is 13.8. The summed E-state index contributed by atoms with van der Waals surface area (Å²) in [6.45, 7) is 0.781. The first kappa shape index (κ1) is 14.0. The average molecular weight is 284 g/mol. The van der Waals surface area contributed by atoms with E-state index in [2.05, 4.69) is 4.98 Å². The van der Waals surface area contributed by atoms with Crippen LogP contribution in [0, 0.1) is 5.92 Å². The van der Waals surface area contributed by atoms with Crippen LogP contribution in [0.2, 0.25) is 0 Å². The number of carbonyl (C=O) groups excluding carboxylic acids is 1. The van der Waals surface area contributed by atoms with Crippen molar-refractivity contribution in [2.75, 3.05) is 20.3 Å². The van der Waals surface area contributed by atoms with Gasteiger partial charge in [-0.1, -0.05) is 0 Å². The van der Waals surface area contributed by atoms with Gasteiger partial charge in [-0.3, -0.25) is 9.59 Å². The number of hydrogen-bond donors (Lipinski definition) is 1. The number of ether oxygens (including phenoxy) is 1. The van der Waals surface area contributed by atoms with Crippen molar-refractivity contribution in [2.45, 2.75) is 18.9 Å². The summed E-state index contributed by atoms with van der Waals surface area (Å²) in [6, 6.07) is -0.478. The molecule has 1 N–H and O–H groups in total. The highest BCUT2D eigenvalue weighted by Gasteiger charge is 2.41. The Kier molecular flexibility index (Phi) is 4.49. The van der Waals surface area contributed by atoms with Crippen LogP contribution in [0.5, 0.6) is 0 Å². The molecule has 2 unspecified atom stereocenters. The number of carboxylic acid groups (broad SMARTS) is 1. The minimum Gasteiger partial charge on any atom is -0.481 e. The van der Waals surface area contributed by atoms with Crippen molar-refractivity contribution in [2.24, 2.45) is 5.92 Å². The molecular formula is C12H16N2O4S. The Balaban J connectivity index is 2.29. The summed E-state index contributed by atoms with van der Waals surface area (Å²) in [5.74, 6) is -1.51. The molecule has 0 bridgehead atoms. The maximum Gasteiger partial charge on any atom is 0.309 e. The molecule has 1 aromatic heterocycles. The Morgan fingerprint density at radius 1 is 1.68 bits per heavy atom. The molecule has 19 heavy (non-hydrogen) atoms. The molecule has 1 aliphatic heterocycles. The summed E-state index contributed by atoms with van der Waals surface area (Å²) in [4.78, 5) is 29.2. The molecule has 0 spiro atoms. The van der Waals surface area contributed by atoms with Gasteiger partial charge in [0.15, 0.2) is 0 Å². The van der Waals surface area contributed by atoms with Gasteiger partial charge in [0.05, 0.1) is 18.6 Å². The summed E-state index contributed by atoms with van der Waals surface area (Å²) < 4.78 is 5.00. The van der Waals surface area contributed by atoms with Gasteiger partial charge in [0, 0.05) is 31.7 Å². The van der Waals surface area contributed by atoms with Crippen LogP contribution in [-0.4, -0.2) is 47.1 Å². The second-order valence-electron chi connectivity index (χ2n) is 4.38. The van der Waals surface area contributed by atoms with E-state index in [1.165, 1.54) is 11.3 Å². The van der Waals surface area contributed by atoms with Crippen molar-refractivity contribution >= 4 is 23.2 Å². The molecule has 104 valence electrons. The van der Waals surface area contributed by atoms with Gasteiger partial charge in [-0.15, -0.1) is 11.3 Å². The third-order valence-electron chi connectivity index (χ3n) is 3.26. The zero-order valence-electron chi connectivity index (χ0n) is 10.6. The maximum atomic E-state index is 12.0. The van der Waals surface area contributed by atoms with Crippen LogP contribution in [0.15, 0.2) is 11.6 Å². The Bertz CT molecular complexity index is 449. The summed E-state index contributed by atoms with van der Waals surface area (Å²) >= 11 is 1.38. The number of methoxy groups -OCH3 is 1. The van der Waals surface area contributed by atoms with E-state index in [0.29, 0.717) is 24.6 Å². The second kappa shape index (κ2) is 6.12. The van der Waals surface area contributed by atoms with Crippen LogP contribution in [0.25, 0.3) is 0 Å². The molecule has 2 atom stereocenters. The highest BCUT2D eigenvalue weighted by atomic mass is 32.1. The standard InChI is InChI=1S/C12H16N2O4S/c1-18-6-5-14-9(15)3-2-8(12(16)17)10(14)11-13-4-7-19-11/h4,7-8,10H,2-3,5-6H2,1H3,(H,16,17). The van der Waals surface area contributed by atoms with Crippen molar-refractivity contribution < 1.29 is 19.4 Å². The van der Waals surface area contributed by atoms with E-state index in [4.69, 9.17) is 4.74 Å². The minimum atomic E-state index is -0.880. The van der Waals surface area contributed by atoms with Gasteiger partial charge >= 0.3 is 5.97 Å². The highest BCUT2D eigenvalue weighted by molar-refractivity contribution is 7.09. The van der Waals surface area contributed by atoms with Crippen LogP contribution in [0.4, 0.5) is 0 Å². The number of aliphatic carboxylic acids is 1. The zero-order valence-corrected chi connectivity index (χ0v) is 11.4. The number of carbonyl (C=O) groups is 2. The van der Waals surface area contributed by atoms with E-state index in [-0.39, 0.29) is 12.3 Å². The predicted octanol–water partition coefficient (Wildman–Crippen LogP) is 1.15. The van der Waals surface area contributed by atoms with E-state index >= 15 is 0 Å². The van der Waals surface area contributed by atoms with Crippen molar-refractivity contribution in [1.29, 1.82) is 0 Å². The lowest BCUT2D eigenvalue weighted by Crippen LogP contribution is -2.46. The third kappa shape index (κ3) is 2.93. The molecule has 2 rings (SSSR count). The van der Waals surface area contributed by atoms with E-state index in [1.54, 1.807) is 23.6 Å². The van der Waals surface area contributed by atoms with E-state index in [9.17, 15) is 14.7 Å².